The molecule has 0 aromatic carbocycles. The molecule has 76 valence electrons. The molecule has 0 heterocycles. The largest absolute Gasteiger partial charge is 0.392 e. The van der Waals surface area contributed by atoms with Crippen molar-refractivity contribution in [1.82, 2.24) is 0 Å². The van der Waals surface area contributed by atoms with E-state index in [0.717, 1.165) is 25.7 Å². The molecule has 0 nitrogen and oxygen atoms in total. The first kappa shape index (κ1) is 9.35. The molecule has 0 amide bonds. The van der Waals surface area contributed by atoms with Crippen LogP contribution in [0.4, 0.5) is 13.2 Å². The molecule has 4 unspecified atom stereocenters. The van der Waals surface area contributed by atoms with Gasteiger partial charge in [-0.15, -0.1) is 0 Å². The second kappa shape index (κ2) is 2.89. The Morgan fingerprint density at radius 2 is 1.77 bits per heavy atom. The van der Waals surface area contributed by atoms with Crippen molar-refractivity contribution in [3.63, 3.8) is 0 Å². The molecule has 0 bridgehead atoms. The number of alkyl halides is 3. The van der Waals surface area contributed by atoms with Gasteiger partial charge in [-0.2, -0.15) is 13.2 Å². The molecule has 3 heteroatoms. The molecule has 2 rings (SSSR count). The molecule has 0 aromatic heterocycles. The van der Waals surface area contributed by atoms with E-state index >= 15 is 0 Å². The van der Waals surface area contributed by atoms with Crippen molar-refractivity contribution in [2.24, 2.45) is 23.7 Å². The quantitative estimate of drug-likeness (QED) is 0.626. The number of hydrogen-bond acceptors (Lipinski definition) is 0. The van der Waals surface area contributed by atoms with Gasteiger partial charge in [0, 0.05) is 0 Å². The second-order valence-corrected chi connectivity index (χ2v) is 4.42. The van der Waals surface area contributed by atoms with Crippen molar-refractivity contribution in [3.05, 3.63) is 0 Å². The summed E-state index contributed by atoms with van der Waals surface area (Å²) in [6.07, 6.45) is -0.412. The molecule has 2 aliphatic carbocycles. The first-order valence-electron chi connectivity index (χ1n) is 5.12. The standard InChI is InChI=1S/C10H15F3/c1-2-3-7-6-4-5-8(6)9(7)10(11,12)13/h6-9H,2-5H2,1H3. The van der Waals surface area contributed by atoms with Gasteiger partial charge in [0.05, 0.1) is 5.92 Å². The summed E-state index contributed by atoms with van der Waals surface area (Å²) in [6.45, 7) is 1.97. The van der Waals surface area contributed by atoms with Gasteiger partial charge in [0.2, 0.25) is 0 Å². The van der Waals surface area contributed by atoms with Crippen LogP contribution in [0.5, 0.6) is 0 Å². The van der Waals surface area contributed by atoms with E-state index in [-0.39, 0.29) is 11.8 Å². The molecule has 13 heavy (non-hydrogen) atoms. The zero-order valence-corrected chi connectivity index (χ0v) is 7.77. The van der Waals surface area contributed by atoms with Gasteiger partial charge in [0.25, 0.3) is 0 Å². The Kier molecular flexibility index (Phi) is 2.08. The van der Waals surface area contributed by atoms with E-state index in [2.05, 4.69) is 0 Å². The molecule has 2 saturated carbocycles. The molecular weight excluding hydrogens is 177 g/mol. The van der Waals surface area contributed by atoms with E-state index in [9.17, 15) is 13.2 Å². The van der Waals surface area contributed by atoms with Crippen molar-refractivity contribution >= 4 is 0 Å². The normalized spacial score (nSPS) is 43.4. The van der Waals surface area contributed by atoms with Gasteiger partial charge in [-0.05, 0) is 37.0 Å². The Bertz CT molecular complexity index is 197. The Morgan fingerprint density at radius 1 is 1.15 bits per heavy atom. The third-order valence-electron chi connectivity index (χ3n) is 3.86. The lowest BCUT2D eigenvalue weighted by Crippen LogP contribution is -2.58. The van der Waals surface area contributed by atoms with E-state index in [1.165, 1.54) is 0 Å². The van der Waals surface area contributed by atoms with Crippen molar-refractivity contribution in [1.29, 1.82) is 0 Å². The van der Waals surface area contributed by atoms with Crippen molar-refractivity contribution in [3.8, 4) is 0 Å². The molecule has 0 aromatic rings. The third kappa shape index (κ3) is 1.27. The summed E-state index contributed by atoms with van der Waals surface area (Å²) in [4.78, 5) is 0. The fraction of sp³-hybridized carbons (Fsp3) is 1.00. The molecule has 0 aliphatic heterocycles. The molecule has 4 atom stereocenters. The Labute approximate surface area is 76.5 Å². The predicted molar refractivity (Wildman–Crippen MR) is 44.2 cm³/mol. The van der Waals surface area contributed by atoms with Gasteiger partial charge in [-0.3, -0.25) is 0 Å². The highest BCUT2D eigenvalue weighted by atomic mass is 19.4. The summed E-state index contributed by atoms with van der Waals surface area (Å²) in [7, 11) is 0. The number of fused-ring (bicyclic) bond motifs is 1. The summed E-state index contributed by atoms with van der Waals surface area (Å²) in [5, 5.41) is 0. The topological polar surface area (TPSA) is 0 Å². The van der Waals surface area contributed by atoms with Crippen LogP contribution in [0.25, 0.3) is 0 Å². The van der Waals surface area contributed by atoms with Crippen LogP contribution in [0, 0.1) is 23.7 Å². The van der Waals surface area contributed by atoms with E-state index < -0.39 is 12.1 Å². The lowest BCUT2D eigenvalue weighted by Gasteiger charge is -2.59. The maximum atomic E-state index is 12.5. The maximum Gasteiger partial charge on any atom is 0.392 e. The Morgan fingerprint density at radius 3 is 2.15 bits per heavy atom. The minimum atomic E-state index is -3.93. The average molecular weight is 192 g/mol. The molecule has 2 aliphatic rings. The van der Waals surface area contributed by atoms with Gasteiger partial charge in [-0.25, -0.2) is 0 Å². The average Bonchev–Trinajstić information content (AvgIpc) is 1.95. The van der Waals surface area contributed by atoms with E-state index in [1.54, 1.807) is 0 Å². The lowest BCUT2D eigenvalue weighted by atomic mass is 9.46. The zero-order chi connectivity index (χ0) is 9.64. The van der Waals surface area contributed by atoms with Gasteiger partial charge in [-0.1, -0.05) is 13.3 Å². The fourth-order valence-electron chi connectivity index (χ4n) is 3.18. The van der Waals surface area contributed by atoms with Crippen LogP contribution >= 0.6 is 0 Å². The Balaban J connectivity index is 2.01. The zero-order valence-electron chi connectivity index (χ0n) is 7.77. The molecule has 0 spiro atoms. The number of rotatable bonds is 2. The van der Waals surface area contributed by atoms with Crippen LogP contribution in [0.2, 0.25) is 0 Å². The van der Waals surface area contributed by atoms with Crippen LogP contribution in [-0.4, -0.2) is 6.18 Å². The highest BCUT2D eigenvalue weighted by Crippen LogP contribution is 2.64. The summed E-state index contributed by atoms with van der Waals surface area (Å²) < 4.78 is 37.6. The first-order chi connectivity index (χ1) is 6.05. The van der Waals surface area contributed by atoms with Gasteiger partial charge < -0.3 is 0 Å². The predicted octanol–water partition coefficient (Wildman–Crippen LogP) is 3.62. The van der Waals surface area contributed by atoms with Crippen LogP contribution < -0.4 is 0 Å². The minimum Gasteiger partial charge on any atom is -0.171 e. The Hall–Kier alpha value is -0.210. The van der Waals surface area contributed by atoms with Gasteiger partial charge in [0.1, 0.15) is 0 Å². The van der Waals surface area contributed by atoms with Gasteiger partial charge in [0.15, 0.2) is 0 Å². The SMILES string of the molecule is CCCC1C2CCC2C1C(F)(F)F. The fourth-order valence-corrected chi connectivity index (χ4v) is 3.18. The summed E-state index contributed by atoms with van der Waals surface area (Å²) in [5.74, 6) is -0.571. The van der Waals surface area contributed by atoms with Crippen molar-refractivity contribution < 1.29 is 13.2 Å². The van der Waals surface area contributed by atoms with E-state index in [0.29, 0.717) is 5.92 Å². The van der Waals surface area contributed by atoms with E-state index in [4.69, 9.17) is 0 Å². The molecular formula is C10H15F3. The van der Waals surface area contributed by atoms with Crippen LogP contribution in [0.1, 0.15) is 32.6 Å². The maximum absolute atomic E-state index is 12.5. The van der Waals surface area contributed by atoms with Crippen molar-refractivity contribution in [2.45, 2.75) is 38.8 Å². The molecule has 0 N–H and O–H groups in total. The summed E-state index contributed by atoms with van der Waals surface area (Å²) in [5.41, 5.74) is 0. The molecule has 0 radical (unpaired) electrons. The second-order valence-electron chi connectivity index (χ2n) is 4.42. The minimum absolute atomic E-state index is 0.00319. The lowest BCUT2D eigenvalue weighted by molar-refractivity contribution is -0.280. The number of halogens is 3. The third-order valence-corrected chi connectivity index (χ3v) is 3.86. The van der Waals surface area contributed by atoms with Gasteiger partial charge >= 0.3 is 6.18 Å². The smallest absolute Gasteiger partial charge is 0.171 e. The molecule has 0 saturated heterocycles. The molecule has 2 fully saturated rings. The summed E-state index contributed by atoms with van der Waals surface area (Å²) >= 11 is 0. The van der Waals surface area contributed by atoms with Crippen molar-refractivity contribution in [2.75, 3.05) is 0 Å². The highest BCUT2D eigenvalue weighted by Gasteiger charge is 2.64. The van der Waals surface area contributed by atoms with E-state index in [1.807, 2.05) is 6.92 Å². The highest BCUT2D eigenvalue weighted by molar-refractivity contribution is 5.05. The summed E-state index contributed by atoms with van der Waals surface area (Å²) in [6, 6.07) is 0. The van der Waals surface area contributed by atoms with Crippen LogP contribution in [-0.2, 0) is 0 Å². The number of hydrogen-bond donors (Lipinski definition) is 0. The van der Waals surface area contributed by atoms with Crippen LogP contribution in [0.15, 0.2) is 0 Å². The monoisotopic (exact) mass is 192 g/mol. The van der Waals surface area contributed by atoms with Crippen LogP contribution in [0.3, 0.4) is 0 Å². The first-order valence-corrected chi connectivity index (χ1v) is 5.12.